The Bertz CT molecular complexity index is 634. The lowest BCUT2D eigenvalue weighted by Gasteiger charge is -2.22. The Balaban J connectivity index is 2.79. The van der Waals surface area contributed by atoms with E-state index in [4.69, 9.17) is 11.6 Å². The molecular weight excluding hydrogens is 346 g/mol. The monoisotopic (exact) mass is 369 g/mol. The van der Waals surface area contributed by atoms with Gasteiger partial charge in [0, 0.05) is 18.7 Å². The lowest BCUT2D eigenvalue weighted by molar-refractivity contribution is -0.384. The molecule has 1 unspecified atom stereocenters. The second-order valence-electron chi connectivity index (χ2n) is 6.11. The summed E-state index contributed by atoms with van der Waals surface area (Å²) in [6, 6.07) is 2.90. The van der Waals surface area contributed by atoms with Gasteiger partial charge in [-0.1, -0.05) is 45.2 Å². The Morgan fingerprint density at radius 2 is 1.96 bits per heavy atom. The van der Waals surface area contributed by atoms with Gasteiger partial charge in [-0.25, -0.2) is 0 Å². The average Bonchev–Trinajstić information content (AvgIpc) is 2.55. The predicted molar refractivity (Wildman–Crippen MR) is 96.7 cm³/mol. The summed E-state index contributed by atoms with van der Waals surface area (Å²) >= 11 is 5.96. The van der Waals surface area contributed by atoms with Crippen molar-refractivity contribution in [3.63, 3.8) is 0 Å². The predicted octanol–water partition coefficient (Wildman–Crippen LogP) is 3.31. The molecule has 1 aromatic rings. The van der Waals surface area contributed by atoms with E-state index in [0.717, 1.165) is 25.3 Å². The van der Waals surface area contributed by atoms with Crippen LogP contribution in [0.2, 0.25) is 5.02 Å². The van der Waals surface area contributed by atoms with Crippen LogP contribution in [-0.2, 0) is 4.79 Å². The van der Waals surface area contributed by atoms with Crippen LogP contribution in [0.15, 0.2) is 18.2 Å². The maximum atomic E-state index is 12.4. The van der Waals surface area contributed by atoms with Gasteiger partial charge in [-0.3, -0.25) is 19.7 Å². The molecule has 0 aliphatic heterocycles. The zero-order chi connectivity index (χ0) is 19.0. The molecule has 0 spiro atoms. The molecular formula is C17H24ClN3O4. The van der Waals surface area contributed by atoms with Gasteiger partial charge in [0.1, 0.15) is 6.04 Å². The molecule has 7 nitrogen and oxygen atoms in total. The lowest BCUT2D eigenvalue weighted by Crippen LogP contribution is -2.49. The molecule has 0 radical (unpaired) electrons. The Kier molecular flexibility index (Phi) is 8.34. The van der Waals surface area contributed by atoms with Gasteiger partial charge < -0.3 is 10.6 Å². The molecule has 1 rings (SSSR count). The first kappa shape index (κ1) is 20.9. The Morgan fingerprint density at radius 1 is 1.28 bits per heavy atom. The standard InChI is InChI=1S/C17H24ClN3O4/c1-4-5-6-9-19-17(23)15(11(2)3)20-16(22)13-8-7-12(21(24)25)10-14(13)18/h7-8,10-11,15H,4-6,9H2,1-3H3,(H,19,23)(H,20,22). The number of nitro groups is 1. The summed E-state index contributed by atoms with van der Waals surface area (Å²) in [5, 5.41) is 16.2. The fourth-order valence-corrected chi connectivity index (χ4v) is 2.51. The SMILES string of the molecule is CCCCCNC(=O)C(NC(=O)c1ccc([N+](=O)[O-])cc1Cl)C(C)C. The van der Waals surface area contributed by atoms with Crippen LogP contribution in [0.1, 0.15) is 50.4 Å². The number of nitrogens with zero attached hydrogens (tertiary/aromatic N) is 1. The van der Waals surface area contributed by atoms with Crippen molar-refractivity contribution in [2.24, 2.45) is 5.92 Å². The zero-order valence-corrected chi connectivity index (χ0v) is 15.4. The van der Waals surface area contributed by atoms with Crippen LogP contribution in [0.4, 0.5) is 5.69 Å². The number of nitrogens with one attached hydrogen (secondary N) is 2. The number of non-ortho nitro benzene ring substituents is 1. The van der Waals surface area contributed by atoms with Crippen molar-refractivity contribution in [1.82, 2.24) is 10.6 Å². The van der Waals surface area contributed by atoms with Gasteiger partial charge in [-0.15, -0.1) is 0 Å². The third kappa shape index (κ3) is 6.34. The molecule has 25 heavy (non-hydrogen) atoms. The second kappa shape index (κ2) is 9.98. The molecule has 8 heteroatoms. The molecule has 0 saturated heterocycles. The molecule has 2 amide bonds. The number of hydrogen-bond acceptors (Lipinski definition) is 4. The zero-order valence-electron chi connectivity index (χ0n) is 14.7. The highest BCUT2D eigenvalue weighted by atomic mass is 35.5. The molecule has 0 bridgehead atoms. The van der Waals surface area contributed by atoms with Crippen LogP contribution in [-0.4, -0.2) is 29.3 Å². The van der Waals surface area contributed by atoms with Gasteiger partial charge >= 0.3 is 0 Å². The number of benzene rings is 1. The van der Waals surface area contributed by atoms with Gasteiger partial charge in [0.2, 0.25) is 5.91 Å². The van der Waals surface area contributed by atoms with E-state index in [1.165, 1.54) is 12.1 Å². The normalized spacial score (nSPS) is 11.9. The first-order valence-corrected chi connectivity index (χ1v) is 8.68. The minimum Gasteiger partial charge on any atom is -0.354 e. The van der Waals surface area contributed by atoms with E-state index in [0.29, 0.717) is 6.54 Å². The van der Waals surface area contributed by atoms with Gasteiger partial charge in [0.25, 0.3) is 11.6 Å². The molecule has 138 valence electrons. The van der Waals surface area contributed by atoms with E-state index in [1.807, 2.05) is 13.8 Å². The highest BCUT2D eigenvalue weighted by Gasteiger charge is 2.25. The minimum absolute atomic E-state index is 0.0300. The highest BCUT2D eigenvalue weighted by molar-refractivity contribution is 6.34. The molecule has 0 aliphatic rings. The van der Waals surface area contributed by atoms with E-state index >= 15 is 0 Å². The number of halogens is 1. The minimum atomic E-state index is -0.708. The molecule has 0 saturated carbocycles. The number of rotatable bonds is 9. The summed E-state index contributed by atoms with van der Waals surface area (Å²) in [7, 11) is 0. The van der Waals surface area contributed by atoms with Gasteiger partial charge in [-0.2, -0.15) is 0 Å². The third-order valence-electron chi connectivity index (χ3n) is 3.72. The van der Waals surface area contributed by atoms with Crippen LogP contribution in [0, 0.1) is 16.0 Å². The van der Waals surface area contributed by atoms with E-state index in [9.17, 15) is 19.7 Å². The molecule has 2 N–H and O–H groups in total. The largest absolute Gasteiger partial charge is 0.354 e. The Labute approximate surface area is 152 Å². The van der Waals surface area contributed by atoms with Crippen molar-refractivity contribution in [3.05, 3.63) is 38.9 Å². The second-order valence-corrected chi connectivity index (χ2v) is 6.52. The summed E-state index contributed by atoms with van der Waals surface area (Å²) in [5.41, 5.74) is -0.104. The fourth-order valence-electron chi connectivity index (χ4n) is 2.25. The average molecular weight is 370 g/mol. The number of carbonyl (C=O) groups excluding carboxylic acids is 2. The molecule has 0 heterocycles. The summed E-state index contributed by atoms with van der Waals surface area (Å²) in [5.74, 6) is -0.910. The third-order valence-corrected chi connectivity index (χ3v) is 4.04. The maximum absolute atomic E-state index is 12.4. The maximum Gasteiger partial charge on any atom is 0.270 e. The van der Waals surface area contributed by atoms with Crippen LogP contribution >= 0.6 is 11.6 Å². The van der Waals surface area contributed by atoms with E-state index in [-0.39, 0.29) is 28.1 Å². The van der Waals surface area contributed by atoms with E-state index in [1.54, 1.807) is 0 Å². The summed E-state index contributed by atoms with van der Waals surface area (Å²) in [4.78, 5) is 34.8. The Hall–Kier alpha value is -2.15. The van der Waals surface area contributed by atoms with Gasteiger partial charge in [0.15, 0.2) is 0 Å². The van der Waals surface area contributed by atoms with Crippen molar-refractivity contribution in [2.75, 3.05) is 6.54 Å². The number of amides is 2. The first-order valence-electron chi connectivity index (χ1n) is 8.30. The highest BCUT2D eigenvalue weighted by Crippen LogP contribution is 2.22. The molecule has 1 atom stereocenters. The van der Waals surface area contributed by atoms with Crippen LogP contribution in [0.5, 0.6) is 0 Å². The Morgan fingerprint density at radius 3 is 2.48 bits per heavy atom. The summed E-state index contributed by atoms with van der Waals surface area (Å²) < 4.78 is 0. The fraction of sp³-hybridized carbons (Fsp3) is 0.529. The smallest absolute Gasteiger partial charge is 0.270 e. The number of carbonyl (C=O) groups is 2. The molecule has 0 aromatic heterocycles. The number of nitro benzene ring substituents is 1. The van der Waals surface area contributed by atoms with Crippen molar-refractivity contribution >= 4 is 29.1 Å². The van der Waals surface area contributed by atoms with Crippen molar-refractivity contribution in [3.8, 4) is 0 Å². The van der Waals surface area contributed by atoms with Crippen molar-refractivity contribution in [2.45, 2.75) is 46.1 Å². The number of hydrogen-bond donors (Lipinski definition) is 2. The van der Waals surface area contributed by atoms with Gasteiger partial charge in [-0.05, 0) is 18.4 Å². The van der Waals surface area contributed by atoms with Gasteiger partial charge in [0.05, 0.1) is 15.5 Å². The summed E-state index contributed by atoms with van der Waals surface area (Å²) in [6.45, 7) is 6.29. The quantitative estimate of drug-likeness (QED) is 0.396. The van der Waals surface area contributed by atoms with E-state index in [2.05, 4.69) is 17.6 Å². The van der Waals surface area contributed by atoms with E-state index < -0.39 is 16.9 Å². The van der Waals surface area contributed by atoms with Crippen molar-refractivity contribution < 1.29 is 14.5 Å². The van der Waals surface area contributed by atoms with Crippen molar-refractivity contribution in [1.29, 1.82) is 0 Å². The van der Waals surface area contributed by atoms with Crippen LogP contribution < -0.4 is 10.6 Å². The lowest BCUT2D eigenvalue weighted by atomic mass is 10.0. The molecule has 0 aliphatic carbocycles. The first-order chi connectivity index (χ1) is 11.8. The topological polar surface area (TPSA) is 101 Å². The summed E-state index contributed by atoms with van der Waals surface area (Å²) in [6.07, 6.45) is 2.96. The molecule has 1 aromatic carbocycles. The van der Waals surface area contributed by atoms with Crippen LogP contribution in [0.25, 0.3) is 0 Å². The number of unbranched alkanes of at least 4 members (excludes halogenated alkanes) is 2. The van der Waals surface area contributed by atoms with Crippen LogP contribution in [0.3, 0.4) is 0 Å². The molecule has 0 fully saturated rings.